The number of halogens is 4. The summed E-state index contributed by atoms with van der Waals surface area (Å²) in [6.07, 6.45) is -4.61. The summed E-state index contributed by atoms with van der Waals surface area (Å²) in [6, 6.07) is 18.2. The summed E-state index contributed by atoms with van der Waals surface area (Å²) in [7, 11) is 1.78. The summed E-state index contributed by atoms with van der Waals surface area (Å²) in [4.78, 5) is 20.1. The van der Waals surface area contributed by atoms with Crippen molar-refractivity contribution in [3.63, 3.8) is 0 Å². The van der Waals surface area contributed by atoms with Crippen LogP contribution in [-0.2, 0) is 12.7 Å². The molecule has 4 aromatic rings. The van der Waals surface area contributed by atoms with E-state index in [1.165, 1.54) is 21.3 Å². The average Bonchev–Trinajstić information content (AvgIpc) is 3.19. The molecule has 1 atom stereocenters. The van der Waals surface area contributed by atoms with E-state index in [4.69, 9.17) is 11.6 Å². The molecule has 0 spiro atoms. The van der Waals surface area contributed by atoms with E-state index in [0.29, 0.717) is 18.2 Å². The number of nitrogens with zero attached hydrogens (tertiary/aromatic N) is 4. The molecule has 36 heavy (non-hydrogen) atoms. The largest absolute Gasteiger partial charge is 0.483 e. The molecule has 0 amide bonds. The van der Waals surface area contributed by atoms with Crippen molar-refractivity contribution in [2.75, 3.05) is 18.5 Å². The number of aromatic nitrogens is 3. The number of fused-ring (bicyclic) bond motifs is 1. The molecule has 0 saturated carbocycles. The van der Waals surface area contributed by atoms with Crippen LogP contribution in [0.2, 0.25) is 5.15 Å². The maximum absolute atomic E-state index is 13.9. The van der Waals surface area contributed by atoms with Crippen molar-refractivity contribution in [3.05, 3.63) is 105 Å². The van der Waals surface area contributed by atoms with E-state index in [1.54, 1.807) is 25.2 Å². The van der Waals surface area contributed by atoms with Crippen LogP contribution in [-0.4, -0.2) is 28.3 Å². The highest BCUT2D eigenvalue weighted by Crippen LogP contribution is 2.36. The van der Waals surface area contributed by atoms with Gasteiger partial charge in [-0.05, 0) is 35.4 Å². The monoisotopic (exact) mass is 513 g/mol. The molecule has 1 aliphatic heterocycles. The van der Waals surface area contributed by atoms with Gasteiger partial charge in [0.1, 0.15) is 23.8 Å². The lowest BCUT2D eigenvalue weighted by molar-refractivity contribution is -0.684. The first-order valence-electron chi connectivity index (χ1n) is 11.1. The standard InChI is InChI=1S/C26H20ClF3N4O2/c1-32-15-20(19-11-6-12-21(27)31-19)34-24(36)22(17-9-5-10-18(13-17)26(28,29)30)23(35)33(25(32)34)14-16-7-3-2-4-8-16/h2-13,20H,14-15H2,1H3/p+1. The normalized spacial score (nSPS) is 15.2. The second kappa shape index (κ2) is 8.98. The predicted octanol–water partition coefficient (Wildman–Crippen LogP) is 4.66. The third-order valence-corrected chi connectivity index (χ3v) is 6.42. The van der Waals surface area contributed by atoms with Crippen LogP contribution in [0.4, 0.5) is 19.1 Å². The minimum Gasteiger partial charge on any atom is -0.483 e. The van der Waals surface area contributed by atoms with Crippen molar-refractivity contribution < 1.29 is 22.8 Å². The molecule has 0 fully saturated rings. The minimum atomic E-state index is -4.61. The maximum Gasteiger partial charge on any atom is 0.416 e. The number of hydrogen-bond donors (Lipinski definition) is 1. The highest BCUT2D eigenvalue weighted by molar-refractivity contribution is 6.29. The Hall–Kier alpha value is -3.85. The van der Waals surface area contributed by atoms with Gasteiger partial charge in [-0.1, -0.05) is 60.1 Å². The molecule has 1 aliphatic rings. The summed E-state index contributed by atoms with van der Waals surface area (Å²) in [5.41, 5.74) is -0.416. The van der Waals surface area contributed by atoms with Gasteiger partial charge in [0.25, 0.3) is 5.88 Å². The van der Waals surface area contributed by atoms with Crippen molar-refractivity contribution in [2.24, 2.45) is 0 Å². The highest BCUT2D eigenvalue weighted by Gasteiger charge is 2.43. The Kier molecular flexibility index (Phi) is 5.96. The highest BCUT2D eigenvalue weighted by atomic mass is 35.5. The molecule has 10 heteroatoms. The van der Waals surface area contributed by atoms with Crippen molar-refractivity contribution in [1.29, 1.82) is 0 Å². The Morgan fingerprint density at radius 2 is 1.81 bits per heavy atom. The molecule has 2 aromatic heterocycles. The summed E-state index contributed by atoms with van der Waals surface area (Å²) in [5, 5.41) is 11.6. The van der Waals surface area contributed by atoms with E-state index < -0.39 is 29.2 Å². The molecule has 1 unspecified atom stereocenters. The molecule has 2 aromatic carbocycles. The van der Waals surface area contributed by atoms with Gasteiger partial charge in [0.05, 0.1) is 18.3 Å². The van der Waals surface area contributed by atoms with Crippen LogP contribution >= 0.6 is 11.6 Å². The Morgan fingerprint density at radius 3 is 2.50 bits per heavy atom. The number of likely N-dealkylation sites (N-methyl/N-ethyl adjacent to an activating group) is 1. The zero-order valence-electron chi connectivity index (χ0n) is 19.1. The van der Waals surface area contributed by atoms with Crippen LogP contribution in [0.25, 0.3) is 11.1 Å². The van der Waals surface area contributed by atoms with Gasteiger partial charge in [-0.15, -0.1) is 0 Å². The first kappa shape index (κ1) is 23.9. The Bertz CT molecular complexity index is 1510. The number of anilines is 1. The van der Waals surface area contributed by atoms with Gasteiger partial charge in [-0.25, -0.2) is 9.78 Å². The number of benzene rings is 2. The first-order chi connectivity index (χ1) is 17.1. The maximum atomic E-state index is 13.9. The van der Waals surface area contributed by atoms with Gasteiger partial charge in [0, 0.05) is 0 Å². The number of pyridine rings is 1. The van der Waals surface area contributed by atoms with Gasteiger partial charge in [-0.2, -0.15) is 22.3 Å². The Labute approximate surface area is 209 Å². The molecule has 3 heterocycles. The van der Waals surface area contributed by atoms with Crippen molar-refractivity contribution >= 4 is 17.5 Å². The molecule has 184 valence electrons. The van der Waals surface area contributed by atoms with Gasteiger partial charge < -0.3 is 5.11 Å². The molecule has 0 aliphatic carbocycles. The predicted molar refractivity (Wildman–Crippen MR) is 129 cm³/mol. The SMILES string of the molecule is CN1CC(c2cccc(Cl)n2)n2c1[n+](Cc1ccccc1)c(O)c(-c1cccc(C(F)(F)F)c1)c2=O. The lowest BCUT2D eigenvalue weighted by Gasteiger charge is -2.16. The fourth-order valence-electron chi connectivity index (χ4n) is 4.61. The second-order valence-electron chi connectivity index (χ2n) is 8.61. The zero-order valence-corrected chi connectivity index (χ0v) is 19.8. The topological polar surface area (TPSA) is 62.2 Å². The Balaban J connectivity index is 1.80. The lowest BCUT2D eigenvalue weighted by atomic mass is 10.0. The van der Waals surface area contributed by atoms with Crippen LogP contribution in [0.1, 0.15) is 22.9 Å². The van der Waals surface area contributed by atoms with Gasteiger partial charge >= 0.3 is 17.7 Å². The van der Waals surface area contributed by atoms with E-state index in [9.17, 15) is 23.1 Å². The summed E-state index contributed by atoms with van der Waals surface area (Å²) < 4.78 is 43.4. The van der Waals surface area contributed by atoms with Crippen molar-refractivity contribution in [1.82, 2.24) is 9.55 Å². The number of alkyl halides is 3. The minimum absolute atomic E-state index is 0.0307. The van der Waals surface area contributed by atoms with E-state index in [1.807, 2.05) is 35.2 Å². The Morgan fingerprint density at radius 1 is 1.08 bits per heavy atom. The molecular weight excluding hydrogens is 493 g/mol. The van der Waals surface area contributed by atoms with Crippen LogP contribution in [0.15, 0.2) is 77.6 Å². The van der Waals surface area contributed by atoms with E-state index >= 15 is 0 Å². The zero-order chi connectivity index (χ0) is 25.6. The van der Waals surface area contributed by atoms with E-state index in [-0.39, 0.29) is 22.8 Å². The molecule has 0 saturated heterocycles. The summed E-state index contributed by atoms with van der Waals surface area (Å²) in [5.74, 6) is -0.00941. The number of hydrogen-bond acceptors (Lipinski definition) is 4. The van der Waals surface area contributed by atoms with Gasteiger partial charge in [-0.3, -0.25) is 4.90 Å². The van der Waals surface area contributed by atoms with Crippen LogP contribution in [0, 0.1) is 0 Å². The average molecular weight is 514 g/mol. The summed E-state index contributed by atoms with van der Waals surface area (Å²) in [6.45, 7) is 0.539. The van der Waals surface area contributed by atoms with Crippen LogP contribution in [0.5, 0.6) is 5.88 Å². The molecule has 5 rings (SSSR count). The quantitative estimate of drug-likeness (QED) is 0.318. The lowest BCUT2D eigenvalue weighted by Crippen LogP contribution is -2.45. The van der Waals surface area contributed by atoms with Crippen molar-refractivity contribution in [2.45, 2.75) is 18.8 Å². The molecule has 0 bridgehead atoms. The van der Waals surface area contributed by atoms with Crippen LogP contribution in [0.3, 0.4) is 0 Å². The third-order valence-electron chi connectivity index (χ3n) is 6.21. The van der Waals surface area contributed by atoms with Crippen molar-refractivity contribution in [3.8, 4) is 17.0 Å². The second-order valence-corrected chi connectivity index (χ2v) is 8.99. The van der Waals surface area contributed by atoms with E-state index in [0.717, 1.165) is 17.7 Å². The van der Waals surface area contributed by atoms with Gasteiger partial charge in [0.15, 0.2) is 6.04 Å². The molecule has 6 nitrogen and oxygen atoms in total. The number of aromatic hydroxyl groups is 1. The van der Waals surface area contributed by atoms with Crippen LogP contribution < -0.4 is 15.0 Å². The van der Waals surface area contributed by atoms with Gasteiger partial charge in [0.2, 0.25) is 0 Å². The number of rotatable bonds is 4. The molecule has 1 N–H and O–H groups in total. The smallest absolute Gasteiger partial charge is 0.416 e. The third kappa shape index (κ3) is 4.19. The summed E-state index contributed by atoms with van der Waals surface area (Å²) >= 11 is 6.11. The fraction of sp³-hybridized carbons (Fsp3) is 0.192. The molecule has 0 radical (unpaired) electrons. The molecular formula is C26H21ClF3N4O2+. The van der Waals surface area contributed by atoms with E-state index in [2.05, 4.69) is 4.98 Å². The first-order valence-corrected chi connectivity index (χ1v) is 11.5. The fourth-order valence-corrected chi connectivity index (χ4v) is 4.78.